The Bertz CT molecular complexity index is 474. The zero-order valence-electron chi connectivity index (χ0n) is 11.8. The van der Waals surface area contributed by atoms with Gasteiger partial charge in [-0.1, -0.05) is 0 Å². The number of benzene rings is 1. The van der Waals surface area contributed by atoms with Crippen LogP contribution in [-0.4, -0.2) is 32.1 Å². The number of methoxy groups -OCH3 is 1. The topological polar surface area (TPSA) is 90.7 Å². The number of carbonyl (C=O) groups is 2. The van der Waals surface area contributed by atoms with Gasteiger partial charge >= 0.3 is 5.97 Å². The number of ether oxygens (including phenoxy) is 2. The number of amides is 1. The summed E-state index contributed by atoms with van der Waals surface area (Å²) in [6.45, 7) is 2.52. The van der Waals surface area contributed by atoms with Gasteiger partial charge in [0.2, 0.25) is 0 Å². The Labute approximate surface area is 118 Å². The number of nitrogens with one attached hydrogen (secondary N) is 1. The summed E-state index contributed by atoms with van der Waals surface area (Å²) in [5.74, 6) is -0.0922. The number of hydrogen-bond acceptors (Lipinski definition) is 5. The number of rotatable bonds is 7. The van der Waals surface area contributed by atoms with Gasteiger partial charge in [-0.15, -0.1) is 0 Å². The third-order valence-electron chi connectivity index (χ3n) is 2.62. The maximum atomic E-state index is 12.0. The van der Waals surface area contributed by atoms with Gasteiger partial charge in [0.15, 0.2) is 0 Å². The van der Waals surface area contributed by atoms with E-state index in [1.165, 1.54) is 7.11 Å². The Morgan fingerprint density at radius 1 is 1.35 bits per heavy atom. The third kappa shape index (κ3) is 4.79. The summed E-state index contributed by atoms with van der Waals surface area (Å²) in [5.41, 5.74) is 6.57. The molecule has 0 radical (unpaired) electrons. The number of hydrogen-bond donors (Lipinski definition) is 2. The minimum atomic E-state index is -0.259. The highest BCUT2D eigenvalue weighted by Crippen LogP contribution is 2.21. The lowest BCUT2D eigenvalue weighted by Gasteiger charge is -2.09. The predicted octanol–water partition coefficient (Wildman–Crippen LogP) is 1.35. The maximum Gasteiger partial charge on any atom is 0.305 e. The molecule has 3 N–H and O–H groups in total. The molecule has 6 nitrogen and oxygen atoms in total. The Morgan fingerprint density at radius 2 is 2.10 bits per heavy atom. The highest BCUT2D eigenvalue weighted by atomic mass is 16.5. The van der Waals surface area contributed by atoms with E-state index in [-0.39, 0.29) is 18.3 Å². The normalized spacial score (nSPS) is 9.90. The first-order valence-electron chi connectivity index (χ1n) is 6.45. The van der Waals surface area contributed by atoms with E-state index in [0.29, 0.717) is 36.6 Å². The highest BCUT2D eigenvalue weighted by Gasteiger charge is 2.12. The van der Waals surface area contributed by atoms with Crippen molar-refractivity contribution >= 4 is 17.6 Å². The average molecular weight is 280 g/mol. The SMILES string of the molecule is CCOC(=O)CCCNC(=O)c1ccc(N)cc1OC. The molecule has 0 aliphatic heterocycles. The lowest BCUT2D eigenvalue weighted by Crippen LogP contribution is -2.25. The standard InChI is InChI=1S/C14H20N2O4/c1-3-20-13(17)5-4-8-16-14(18)11-7-6-10(15)9-12(11)19-2/h6-7,9H,3-5,8,15H2,1-2H3,(H,16,18). The zero-order chi connectivity index (χ0) is 15.0. The van der Waals surface area contributed by atoms with E-state index in [9.17, 15) is 9.59 Å². The van der Waals surface area contributed by atoms with Gasteiger partial charge in [-0.05, 0) is 25.5 Å². The smallest absolute Gasteiger partial charge is 0.305 e. The minimum Gasteiger partial charge on any atom is -0.496 e. The zero-order valence-corrected chi connectivity index (χ0v) is 11.8. The molecule has 0 aromatic heterocycles. The molecule has 1 amide bonds. The molecular formula is C14H20N2O4. The third-order valence-corrected chi connectivity index (χ3v) is 2.62. The summed E-state index contributed by atoms with van der Waals surface area (Å²) >= 11 is 0. The van der Waals surface area contributed by atoms with Crippen LogP contribution >= 0.6 is 0 Å². The Morgan fingerprint density at radius 3 is 2.75 bits per heavy atom. The van der Waals surface area contributed by atoms with E-state index in [4.69, 9.17) is 15.2 Å². The van der Waals surface area contributed by atoms with Crippen molar-refractivity contribution in [2.75, 3.05) is 26.0 Å². The summed E-state index contributed by atoms with van der Waals surface area (Å²) in [6.07, 6.45) is 0.814. The molecule has 0 fully saturated rings. The molecular weight excluding hydrogens is 260 g/mol. The number of nitrogen functional groups attached to an aromatic ring is 1. The molecule has 0 unspecified atom stereocenters. The lowest BCUT2D eigenvalue weighted by molar-refractivity contribution is -0.143. The summed E-state index contributed by atoms with van der Waals surface area (Å²) in [6, 6.07) is 4.83. The van der Waals surface area contributed by atoms with Gasteiger partial charge in [0.1, 0.15) is 5.75 Å². The van der Waals surface area contributed by atoms with Crippen LogP contribution in [0.3, 0.4) is 0 Å². The van der Waals surface area contributed by atoms with E-state index >= 15 is 0 Å². The van der Waals surface area contributed by atoms with Crippen LogP contribution in [0.25, 0.3) is 0 Å². The molecule has 0 heterocycles. The van der Waals surface area contributed by atoms with E-state index in [2.05, 4.69) is 5.32 Å². The molecule has 0 saturated heterocycles. The van der Waals surface area contributed by atoms with Crippen molar-refractivity contribution in [2.24, 2.45) is 0 Å². The number of carbonyl (C=O) groups excluding carboxylic acids is 2. The van der Waals surface area contributed by atoms with Gasteiger partial charge in [-0.2, -0.15) is 0 Å². The molecule has 0 bridgehead atoms. The summed E-state index contributed by atoms with van der Waals surface area (Å²) in [7, 11) is 1.48. The van der Waals surface area contributed by atoms with Crippen LogP contribution in [0.2, 0.25) is 0 Å². The van der Waals surface area contributed by atoms with Crippen LogP contribution in [-0.2, 0) is 9.53 Å². The van der Waals surface area contributed by atoms with Crippen molar-refractivity contribution in [3.8, 4) is 5.75 Å². The first-order chi connectivity index (χ1) is 9.58. The minimum absolute atomic E-state index is 0.258. The second-order valence-corrected chi connectivity index (χ2v) is 4.12. The van der Waals surface area contributed by atoms with Crippen molar-refractivity contribution in [1.29, 1.82) is 0 Å². The second kappa shape index (κ2) is 8.04. The van der Waals surface area contributed by atoms with Gasteiger partial charge in [0.05, 0.1) is 19.3 Å². The summed E-state index contributed by atoms with van der Waals surface area (Å²) in [5, 5.41) is 2.72. The Kier molecular flexibility index (Phi) is 6.36. The van der Waals surface area contributed by atoms with Crippen LogP contribution < -0.4 is 15.8 Å². The van der Waals surface area contributed by atoms with Crippen LogP contribution in [0.5, 0.6) is 5.75 Å². The maximum absolute atomic E-state index is 12.0. The molecule has 0 aliphatic carbocycles. The van der Waals surface area contributed by atoms with Crippen molar-refractivity contribution in [3.05, 3.63) is 23.8 Å². The van der Waals surface area contributed by atoms with Gasteiger partial charge in [0, 0.05) is 24.7 Å². The molecule has 110 valence electrons. The molecule has 20 heavy (non-hydrogen) atoms. The average Bonchev–Trinajstić information content (AvgIpc) is 2.43. The first kappa shape index (κ1) is 15.8. The second-order valence-electron chi connectivity index (χ2n) is 4.12. The number of anilines is 1. The molecule has 0 aliphatic rings. The molecule has 1 aromatic rings. The van der Waals surface area contributed by atoms with Gasteiger partial charge in [-0.25, -0.2) is 0 Å². The molecule has 1 rings (SSSR count). The van der Waals surface area contributed by atoms with Crippen molar-refractivity contribution in [1.82, 2.24) is 5.32 Å². The van der Waals surface area contributed by atoms with Crippen molar-refractivity contribution < 1.29 is 19.1 Å². The van der Waals surface area contributed by atoms with Crippen molar-refractivity contribution in [3.63, 3.8) is 0 Å². The van der Waals surface area contributed by atoms with Crippen LogP contribution in [0.15, 0.2) is 18.2 Å². The highest BCUT2D eigenvalue weighted by molar-refractivity contribution is 5.97. The van der Waals surface area contributed by atoms with Crippen molar-refractivity contribution in [2.45, 2.75) is 19.8 Å². The first-order valence-corrected chi connectivity index (χ1v) is 6.45. The quantitative estimate of drug-likeness (QED) is 0.447. The van der Waals surface area contributed by atoms with Gasteiger partial charge < -0.3 is 20.5 Å². The van der Waals surface area contributed by atoms with E-state index in [0.717, 1.165) is 0 Å². The molecule has 0 atom stereocenters. The molecule has 6 heteroatoms. The molecule has 0 saturated carbocycles. The fraction of sp³-hybridized carbons (Fsp3) is 0.429. The summed E-state index contributed by atoms with van der Waals surface area (Å²) in [4.78, 5) is 23.1. The molecule has 0 spiro atoms. The lowest BCUT2D eigenvalue weighted by atomic mass is 10.1. The van der Waals surface area contributed by atoms with Crippen LogP contribution in [0.4, 0.5) is 5.69 Å². The molecule has 1 aromatic carbocycles. The summed E-state index contributed by atoms with van der Waals surface area (Å²) < 4.78 is 9.91. The van der Waals surface area contributed by atoms with E-state index in [1.807, 2.05) is 0 Å². The predicted molar refractivity (Wildman–Crippen MR) is 75.6 cm³/mol. The monoisotopic (exact) mass is 280 g/mol. The van der Waals surface area contributed by atoms with E-state index in [1.54, 1.807) is 25.1 Å². The number of esters is 1. The Balaban J connectivity index is 2.45. The van der Waals surface area contributed by atoms with E-state index < -0.39 is 0 Å². The van der Waals surface area contributed by atoms with Gasteiger partial charge in [0.25, 0.3) is 5.91 Å². The Hall–Kier alpha value is -2.24. The fourth-order valence-electron chi connectivity index (χ4n) is 1.66. The van der Waals surface area contributed by atoms with Crippen LogP contribution in [0.1, 0.15) is 30.1 Å². The van der Waals surface area contributed by atoms with Crippen LogP contribution in [0, 0.1) is 0 Å². The number of nitrogens with two attached hydrogens (primary N) is 1. The van der Waals surface area contributed by atoms with Gasteiger partial charge in [-0.3, -0.25) is 9.59 Å². The fourth-order valence-corrected chi connectivity index (χ4v) is 1.66. The largest absolute Gasteiger partial charge is 0.496 e.